The Labute approximate surface area is 104 Å². The number of hydrogen-bond donors (Lipinski definition) is 1. The number of carbonyl (C=O) groups excluding carboxylic acids is 1. The lowest BCUT2D eigenvalue weighted by molar-refractivity contribution is -0.145. The fraction of sp³-hybridized carbons (Fsp3) is 0.417. The second-order valence-electron chi connectivity index (χ2n) is 3.81. The van der Waals surface area contributed by atoms with E-state index >= 15 is 0 Å². The van der Waals surface area contributed by atoms with Crippen LogP contribution in [-0.4, -0.2) is 18.6 Å². The van der Waals surface area contributed by atoms with Gasteiger partial charge in [0, 0.05) is 10.2 Å². The van der Waals surface area contributed by atoms with Gasteiger partial charge in [0.2, 0.25) is 0 Å². The van der Waals surface area contributed by atoms with E-state index in [-0.39, 0.29) is 5.97 Å². The summed E-state index contributed by atoms with van der Waals surface area (Å²) in [6, 6.07) is 7.70. The molecule has 88 valence electrons. The number of hydrogen-bond acceptors (Lipinski definition) is 3. The van der Waals surface area contributed by atoms with Crippen LogP contribution in [-0.2, 0) is 9.53 Å². The predicted molar refractivity (Wildman–Crippen MR) is 68.5 cm³/mol. The van der Waals surface area contributed by atoms with E-state index in [0.29, 0.717) is 6.42 Å². The van der Waals surface area contributed by atoms with Crippen molar-refractivity contribution in [3.05, 3.63) is 28.7 Å². The Morgan fingerprint density at radius 3 is 2.75 bits per heavy atom. The Morgan fingerprint density at radius 1 is 1.56 bits per heavy atom. The lowest BCUT2D eigenvalue weighted by Gasteiger charge is -2.27. The summed E-state index contributed by atoms with van der Waals surface area (Å²) in [4.78, 5) is 11.7. The lowest BCUT2D eigenvalue weighted by atomic mass is 9.98. The maximum atomic E-state index is 11.7. The molecule has 1 rings (SSSR count). The Kier molecular flexibility index (Phi) is 4.35. The number of methoxy groups -OCH3 is 1. The van der Waals surface area contributed by atoms with E-state index in [4.69, 9.17) is 4.74 Å². The van der Waals surface area contributed by atoms with Crippen molar-refractivity contribution in [1.29, 1.82) is 0 Å². The second kappa shape index (κ2) is 5.34. The van der Waals surface area contributed by atoms with E-state index in [2.05, 4.69) is 21.2 Å². The molecule has 3 nitrogen and oxygen atoms in total. The molecule has 1 N–H and O–H groups in total. The molecule has 1 aromatic rings. The van der Waals surface area contributed by atoms with E-state index in [1.54, 1.807) is 0 Å². The molecule has 16 heavy (non-hydrogen) atoms. The summed E-state index contributed by atoms with van der Waals surface area (Å²) in [6.45, 7) is 3.78. The minimum Gasteiger partial charge on any atom is -0.467 e. The molecule has 0 aliphatic carbocycles. The summed E-state index contributed by atoms with van der Waals surface area (Å²) < 4.78 is 5.77. The highest BCUT2D eigenvalue weighted by atomic mass is 79.9. The summed E-state index contributed by atoms with van der Waals surface area (Å²) in [5, 5.41) is 3.19. The maximum Gasteiger partial charge on any atom is 0.331 e. The van der Waals surface area contributed by atoms with Crippen molar-refractivity contribution >= 4 is 27.6 Å². The third-order valence-corrected chi connectivity index (χ3v) is 3.08. The second-order valence-corrected chi connectivity index (χ2v) is 4.73. The molecule has 0 fully saturated rings. The smallest absolute Gasteiger partial charge is 0.331 e. The molecule has 0 bridgehead atoms. The van der Waals surface area contributed by atoms with Gasteiger partial charge in [-0.2, -0.15) is 0 Å². The van der Waals surface area contributed by atoms with E-state index in [0.717, 1.165) is 10.2 Å². The van der Waals surface area contributed by atoms with Crippen molar-refractivity contribution in [1.82, 2.24) is 0 Å². The van der Waals surface area contributed by atoms with Crippen LogP contribution in [0.2, 0.25) is 0 Å². The first-order valence-corrected chi connectivity index (χ1v) is 5.93. The Balaban J connectivity index is 2.89. The standard InChI is InChI=1S/C12H16BrNO2/c1-4-12(2,11(15)16-3)14-10-7-5-6-9(13)8-10/h5-8,14H,4H2,1-3H3. The molecule has 0 aliphatic heterocycles. The molecule has 0 aliphatic rings. The molecule has 0 amide bonds. The van der Waals surface area contributed by atoms with Gasteiger partial charge in [0.25, 0.3) is 0 Å². The summed E-state index contributed by atoms with van der Waals surface area (Å²) in [5.74, 6) is -0.255. The Hall–Kier alpha value is -1.03. The number of benzene rings is 1. The number of ether oxygens (including phenoxy) is 1. The van der Waals surface area contributed by atoms with Crippen LogP contribution in [0.25, 0.3) is 0 Å². The monoisotopic (exact) mass is 285 g/mol. The molecule has 0 heterocycles. The Morgan fingerprint density at radius 2 is 2.25 bits per heavy atom. The van der Waals surface area contributed by atoms with Gasteiger partial charge in [0.15, 0.2) is 0 Å². The van der Waals surface area contributed by atoms with Crippen LogP contribution in [0.4, 0.5) is 5.69 Å². The normalized spacial score (nSPS) is 14.0. The minimum absolute atomic E-state index is 0.255. The van der Waals surface area contributed by atoms with Gasteiger partial charge in [-0.25, -0.2) is 4.79 Å². The highest BCUT2D eigenvalue weighted by molar-refractivity contribution is 9.10. The number of nitrogens with one attached hydrogen (secondary N) is 1. The quantitative estimate of drug-likeness (QED) is 0.864. The third-order valence-electron chi connectivity index (χ3n) is 2.59. The largest absolute Gasteiger partial charge is 0.467 e. The molecular formula is C12H16BrNO2. The fourth-order valence-electron chi connectivity index (χ4n) is 1.39. The van der Waals surface area contributed by atoms with Crippen LogP contribution in [0.3, 0.4) is 0 Å². The van der Waals surface area contributed by atoms with Crippen LogP contribution in [0, 0.1) is 0 Å². The Bertz CT molecular complexity index is 381. The number of rotatable bonds is 4. The molecule has 1 unspecified atom stereocenters. The fourth-order valence-corrected chi connectivity index (χ4v) is 1.79. The summed E-state index contributed by atoms with van der Waals surface area (Å²) >= 11 is 3.39. The van der Waals surface area contributed by atoms with Gasteiger partial charge in [-0.1, -0.05) is 28.9 Å². The molecule has 0 saturated carbocycles. The molecule has 1 atom stereocenters. The van der Waals surface area contributed by atoms with Crippen LogP contribution in [0.15, 0.2) is 28.7 Å². The highest BCUT2D eigenvalue weighted by Crippen LogP contribution is 2.22. The van der Waals surface area contributed by atoms with Crippen LogP contribution in [0.1, 0.15) is 20.3 Å². The van der Waals surface area contributed by atoms with Gasteiger partial charge in [-0.05, 0) is 31.5 Å². The zero-order chi connectivity index (χ0) is 12.2. The first-order valence-electron chi connectivity index (χ1n) is 5.14. The molecular weight excluding hydrogens is 270 g/mol. The first-order chi connectivity index (χ1) is 7.51. The van der Waals surface area contributed by atoms with Crippen molar-refractivity contribution < 1.29 is 9.53 Å². The van der Waals surface area contributed by atoms with Crippen LogP contribution < -0.4 is 5.32 Å². The summed E-state index contributed by atoms with van der Waals surface area (Å²) in [7, 11) is 1.40. The zero-order valence-electron chi connectivity index (χ0n) is 9.71. The van der Waals surface area contributed by atoms with Crippen molar-refractivity contribution in [2.75, 3.05) is 12.4 Å². The van der Waals surface area contributed by atoms with Crippen molar-refractivity contribution in [2.45, 2.75) is 25.8 Å². The van der Waals surface area contributed by atoms with Gasteiger partial charge >= 0.3 is 5.97 Å². The van der Waals surface area contributed by atoms with E-state index < -0.39 is 5.54 Å². The van der Waals surface area contributed by atoms with Crippen LogP contribution in [0.5, 0.6) is 0 Å². The topological polar surface area (TPSA) is 38.3 Å². The number of halogens is 1. The SMILES string of the molecule is CCC(C)(Nc1cccc(Br)c1)C(=O)OC. The highest BCUT2D eigenvalue weighted by Gasteiger charge is 2.32. The maximum absolute atomic E-state index is 11.7. The predicted octanol–water partition coefficient (Wildman–Crippen LogP) is 3.20. The molecule has 0 aromatic heterocycles. The average Bonchev–Trinajstić information content (AvgIpc) is 2.27. The van der Waals surface area contributed by atoms with Crippen molar-refractivity contribution in [3.8, 4) is 0 Å². The van der Waals surface area contributed by atoms with Gasteiger partial charge in [-0.3, -0.25) is 0 Å². The summed E-state index contributed by atoms with van der Waals surface area (Å²) in [6.07, 6.45) is 0.659. The minimum atomic E-state index is -0.685. The molecule has 0 saturated heterocycles. The molecule has 0 spiro atoms. The molecule has 1 aromatic carbocycles. The summed E-state index contributed by atoms with van der Waals surface area (Å²) in [5.41, 5.74) is 0.208. The van der Waals surface area contributed by atoms with E-state index in [1.807, 2.05) is 38.1 Å². The van der Waals surface area contributed by atoms with E-state index in [9.17, 15) is 4.79 Å². The molecule has 0 radical (unpaired) electrons. The van der Waals surface area contributed by atoms with Gasteiger partial charge in [0.05, 0.1) is 7.11 Å². The van der Waals surface area contributed by atoms with Gasteiger partial charge in [0.1, 0.15) is 5.54 Å². The number of esters is 1. The molecule has 4 heteroatoms. The van der Waals surface area contributed by atoms with E-state index in [1.165, 1.54) is 7.11 Å². The van der Waals surface area contributed by atoms with Crippen molar-refractivity contribution in [2.24, 2.45) is 0 Å². The van der Waals surface area contributed by atoms with Crippen molar-refractivity contribution in [3.63, 3.8) is 0 Å². The third kappa shape index (κ3) is 2.98. The number of carbonyl (C=O) groups is 1. The zero-order valence-corrected chi connectivity index (χ0v) is 11.3. The van der Waals surface area contributed by atoms with Crippen LogP contribution >= 0.6 is 15.9 Å². The van der Waals surface area contributed by atoms with Gasteiger partial charge in [-0.15, -0.1) is 0 Å². The average molecular weight is 286 g/mol. The first kappa shape index (κ1) is 13.0. The van der Waals surface area contributed by atoms with Gasteiger partial charge < -0.3 is 10.1 Å². The lowest BCUT2D eigenvalue weighted by Crippen LogP contribution is -2.43. The number of anilines is 1.